The number of carbonyl (C=O) groups is 3. The van der Waals surface area contributed by atoms with Crippen LogP contribution in [-0.4, -0.2) is 40.9 Å². The van der Waals surface area contributed by atoms with Crippen molar-refractivity contribution in [1.82, 2.24) is 4.90 Å². The third-order valence-electron chi connectivity index (χ3n) is 3.07. The standard InChI is InChI=1S/C13H12F2N2O4/c14-8-4-7(13(20)21)10(5-9(8)15)16-11(18)6-17-3-1-2-12(17)19/h4-5H,1-3,6H2,(H,16,18)(H,20,21). The summed E-state index contributed by atoms with van der Waals surface area (Å²) in [5.74, 6) is -4.93. The van der Waals surface area contributed by atoms with Crippen LogP contribution in [0.15, 0.2) is 12.1 Å². The molecule has 0 saturated carbocycles. The Kier molecular flexibility index (Phi) is 4.15. The molecule has 2 N–H and O–H groups in total. The van der Waals surface area contributed by atoms with Gasteiger partial charge in [0.1, 0.15) is 0 Å². The van der Waals surface area contributed by atoms with E-state index in [1.165, 1.54) is 4.90 Å². The molecule has 8 heteroatoms. The predicted molar refractivity (Wildman–Crippen MR) is 67.8 cm³/mol. The highest BCUT2D eigenvalue weighted by Crippen LogP contribution is 2.20. The first kappa shape index (κ1) is 14.9. The fraction of sp³-hybridized carbons (Fsp3) is 0.308. The summed E-state index contributed by atoms with van der Waals surface area (Å²) in [6.45, 7) is 0.187. The van der Waals surface area contributed by atoms with E-state index in [-0.39, 0.29) is 18.1 Å². The summed E-state index contributed by atoms with van der Waals surface area (Å²) in [5.41, 5.74) is -0.909. The molecule has 0 aliphatic carbocycles. The summed E-state index contributed by atoms with van der Waals surface area (Å²) < 4.78 is 26.2. The Morgan fingerprint density at radius 2 is 1.95 bits per heavy atom. The van der Waals surface area contributed by atoms with Gasteiger partial charge >= 0.3 is 5.97 Å². The van der Waals surface area contributed by atoms with E-state index in [9.17, 15) is 23.2 Å². The molecule has 112 valence electrons. The quantitative estimate of drug-likeness (QED) is 0.875. The maximum absolute atomic E-state index is 13.2. The number of hydrogen-bond acceptors (Lipinski definition) is 3. The largest absolute Gasteiger partial charge is 0.478 e. The van der Waals surface area contributed by atoms with Crippen molar-refractivity contribution >= 4 is 23.5 Å². The van der Waals surface area contributed by atoms with Crippen molar-refractivity contribution in [1.29, 1.82) is 0 Å². The lowest BCUT2D eigenvalue weighted by Gasteiger charge is -2.15. The van der Waals surface area contributed by atoms with Gasteiger partial charge in [0.05, 0.1) is 17.8 Å². The summed E-state index contributed by atoms with van der Waals surface area (Å²) in [5, 5.41) is 11.1. The summed E-state index contributed by atoms with van der Waals surface area (Å²) >= 11 is 0. The highest BCUT2D eigenvalue weighted by Gasteiger charge is 2.23. The summed E-state index contributed by atoms with van der Waals surface area (Å²) in [6.07, 6.45) is 1.01. The SMILES string of the molecule is O=C(CN1CCCC1=O)Nc1cc(F)c(F)cc1C(=O)O. The number of amides is 2. The van der Waals surface area contributed by atoms with E-state index in [2.05, 4.69) is 5.32 Å². The van der Waals surface area contributed by atoms with Gasteiger partial charge < -0.3 is 15.3 Å². The van der Waals surface area contributed by atoms with Crippen LogP contribution >= 0.6 is 0 Å². The average molecular weight is 298 g/mol. The van der Waals surface area contributed by atoms with Crippen LogP contribution in [-0.2, 0) is 9.59 Å². The van der Waals surface area contributed by atoms with Crippen LogP contribution in [0.25, 0.3) is 0 Å². The Bertz CT molecular complexity index is 618. The van der Waals surface area contributed by atoms with Crippen LogP contribution in [0.1, 0.15) is 23.2 Å². The van der Waals surface area contributed by atoms with E-state index in [0.29, 0.717) is 31.5 Å². The number of aromatic carboxylic acids is 1. The van der Waals surface area contributed by atoms with Gasteiger partial charge in [-0.05, 0) is 12.5 Å². The number of hydrogen-bond donors (Lipinski definition) is 2. The molecule has 0 unspecified atom stereocenters. The Morgan fingerprint density at radius 1 is 1.29 bits per heavy atom. The maximum atomic E-state index is 13.2. The lowest BCUT2D eigenvalue weighted by molar-refractivity contribution is -0.131. The number of nitrogens with one attached hydrogen (secondary N) is 1. The van der Waals surface area contributed by atoms with Gasteiger partial charge in [0, 0.05) is 19.0 Å². The lowest BCUT2D eigenvalue weighted by atomic mass is 10.1. The van der Waals surface area contributed by atoms with E-state index >= 15 is 0 Å². The topological polar surface area (TPSA) is 86.7 Å². The Morgan fingerprint density at radius 3 is 2.52 bits per heavy atom. The van der Waals surface area contributed by atoms with Crippen LogP contribution in [0.3, 0.4) is 0 Å². The second-order valence-electron chi connectivity index (χ2n) is 4.58. The van der Waals surface area contributed by atoms with Crippen molar-refractivity contribution < 1.29 is 28.3 Å². The van der Waals surface area contributed by atoms with Crippen molar-refractivity contribution in [3.63, 3.8) is 0 Å². The molecule has 1 aliphatic rings. The third-order valence-corrected chi connectivity index (χ3v) is 3.07. The molecular weight excluding hydrogens is 286 g/mol. The summed E-state index contributed by atoms with van der Waals surface area (Å²) in [6, 6.07) is 1.09. The highest BCUT2D eigenvalue weighted by atomic mass is 19.2. The Hall–Kier alpha value is -2.51. The zero-order chi connectivity index (χ0) is 15.6. The first-order valence-electron chi connectivity index (χ1n) is 6.18. The Balaban J connectivity index is 2.14. The van der Waals surface area contributed by atoms with Gasteiger partial charge in [-0.1, -0.05) is 0 Å². The van der Waals surface area contributed by atoms with Crippen LogP contribution in [0.4, 0.5) is 14.5 Å². The molecule has 2 amide bonds. The number of halogens is 2. The average Bonchev–Trinajstić information content (AvgIpc) is 2.78. The molecule has 1 aromatic carbocycles. The molecule has 0 aromatic heterocycles. The number of benzene rings is 1. The zero-order valence-corrected chi connectivity index (χ0v) is 10.9. The first-order valence-corrected chi connectivity index (χ1v) is 6.18. The lowest BCUT2D eigenvalue weighted by Crippen LogP contribution is -2.34. The number of carboxylic acid groups (broad SMARTS) is 1. The molecule has 1 saturated heterocycles. The molecule has 6 nitrogen and oxygen atoms in total. The summed E-state index contributed by atoms with van der Waals surface area (Å²) in [7, 11) is 0. The minimum absolute atomic E-state index is 0.172. The zero-order valence-electron chi connectivity index (χ0n) is 10.9. The molecule has 0 radical (unpaired) electrons. The molecule has 1 aromatic rings. The molecule has 0 spiro atoms. The van der Waals surface area contributed by atoms with Gasteiger partial charge in [0.15, 0.2) is 11.6 Å². The Labute approximate surface area is 118 Å². The van der Waals surface area contributed by atoms with Crippen molar-refractivity contribution in [2.45, 2.75) is 12.8 Å². The normalized spacial score (nSPS) is 14.4. The highest BCUT2D eigenvalue weighted by molar-refractivity contribution is 6.01. The smallest absolute Gasteiger partial charge is 0.337 e. The monoisotopic (exact) mass is 298 g/mol. The van der Waals surface area contributed by atoms with Crippen LogP contribution in [0.2, 0.25) is 0 Å². The number of carbonyl (C=O) groups excluding carboxylic acids is 2. The predicted octanol–water partition coefficient (Wildman–Crippen LogP) is 1.22. The molecular formula is C13H12F2N2O4. The molecule has 1 fully saturated rings. The third kappa shape index (κ3) is 3.33. The van der Waals surface area contributed by atoms with Gasteiger partial charge in [-0.25, -0.2) is 13.6 Å². The fourth-order valence-corrected chi connectivity index (χ4v) is 2.06. The van der Waals surface area contributed by atoms with E-state index in [0.717, 1.165) is 0 Å². The van der Waals surface area contributed by atoms with Crippen molar-refractivity contribution in [2.75, 3.05) is 18.4 Å². The number of nitrogens with zero attached hydrogens (tertiary/aromatic N) is 1. The van der Waals surface area contributed by atoms with Crippen LogP contribution < -0.4 is 5.32 Å². The number of rotatable bonds is 4. The molecule has 1 heterocycles. The second-order valence-corrected chi connectivity index (χ2v) is 4.58. The summed E-state index contributed by atoms with van der Waals surface area (Å²) in [4.78, 5) is 35.4. The minimum atomic E-state index is -1.50. The minimum Gasteiger partial charge on any atom is -0.478 e. The van der Waals surface area contributed by atoms with Crippen LogP contribution in [0.5, 0.6) is 0 Å². The molecule has 0 atom stereocenters. The fourth-order valence-electron chi connectivity index (χ4n) is 2.06. The van der Waals surface area contributed by atoms with E-state index in [1.54, 1.807) is 0 Å². The van der Waals surface area contributed by atoms with E-state index < -0.39 is 29.1 Å². The van der Waals surface area contributed by atoms with E-state index in [4.69, 9.17) is 5.11 Å². The first-order chi connectivity index (χ1) is 9.88. The molecule has 0 bridgehead atoms. The molecule has 1 aliphatic heterocycles. The van der Waals surface area contributed by atoms with Crippen molar-refractivity contribution in [2.24, 2.45) is 0 Å². The van der Waals surface area contributed by atoms with Gasteiger partial charge in [-0.2, -0.15) is 0 Å². The van der Waals surface area contributed by atoms with Crippen LogP contribution in [0, 0.1) is 11.6 Å². The molecule has 21 heavy (non-hydrogen) atoms. The van der Waals surface area contributed by atoms with Crippen molar-refractivity contribution in [3.8, 4) is 0 Å². The van der Waals surface area contributed by atoms with Gasteiger partial charge in [-0.3, -0.25) is 9.59 Å². The number of anilines is 1. The maximum Gasteiger partial charge on any atom is 0.337 e. The van der Waals surface area contributed by atoms with Crippen molar-refractivity contribution in [3.05, 3.63) is 29.3 Å². The van der Waals surface area contributed by atoms with E-state index in [1.807, 2.05) is 0 Å². The number of carboxylic acids is 1. The second kappa shape index (κ2) is 5.86. The van der Waals surface area contributed by atoms with Gasteiger partial charge in [0.2, 0.25) is 11.8 Å². The van der Waals surface area contributed by atoms with Gasteiger partial charge in [0.25, 0.3) is 0 Å². The van der Waals surface area contributed by atoms with Gasteiger partial charge in [-0.15, -0.1) is 0 Å². The number of likely N-dealkylation sites (tertiary alicyclic amines) is 1. The molecule has 2 rings (SSSR count).